The van der Waals surface area contributed by atoms with Gasteiger partial charge in [0.15, 0.2) is 0 Å². The highest BCUT2D eigenvalue weighted by atomic mass is 35.5. The first-order valence-electron chi connectivity index (χ1n) is 3.34. The van der Waals surface area contributed by atoms with E-state index in [1.807, 2.05) is 6.26 Å². The van der Waals surface area contributed by atoms with E-state index in [0.717, 1.165) is 4.90 Å². The van der Waals surface area contributed by atoms with Crippen molar-refractivity contribution >= 4 is 23.4 Å². The number of nitrogens with two attached hydrogens (primary N) is 1. The maximum atomic E-state index is 11.2. The third kappa shape index (κ3) is 1.83. The van der Waals surface area contributed by atoms with Crippen LogP contribution in [0.4, 0.5) is 0 Å². The summed E-state index contributed by atoms with van der Waals surface area (Å²) in [5.41, 5.74) is 5.79. The van der Waals surface area contributed by atoms with Gasteiger partial charge in [-0.3, -0.25) is 4.79 Å². The number of pyridine rings is 1. The summed E-state index contributed by atoms with van der Waals surface area (Å²) in [6.07, 6.45) is 1.88. The molecule has 0 aliphatic carbocycles. The van der Waals surface area contributed by atoms with Crippen molar-refractivity contribution in [1.29, 1.82) is 0 Å². The first-order chi connectivity index (χ1) is 5.69. The normalized spacial score (nSPS) is 10.2. The lowest BCUT2D eigenvalue weighted by Gasteiger charge is -2.03. The molecule has 3 nitrogen and oxygen atoms in total. The molecule has 3 N–H and O–H groups in total. The van der Waals surface area contributed by atoms with E-state index in [-0.39, 0.29) is 12.1 Å². The zero-order chi connectivity index (χ0) is 9.14. The zero-order valence-electron chi connectivity index (χ0n) is 6.56. The van der Waals surface area contributed by atoms with Gasteiger partial charge in [0, 0.05) is 17.0 Å². The summed E-state index contributed by atoms with van der Waals surface area (Å²) < 4.78 is 0. The van der Waals surface area contributed by atoms with Crippen LogP contribution in [0.5, 0.6) is 0 Å². The molecule has 0 unspecified atom stereocenters. The first kappa shape index (κ1) is 9.64. The summed E-state index contributed by atoms with van der Waals surface area (Å²) in [4.78, 5) is 14.5. The van der Waals surface area contributed by atoms with E-state index in [1.54, 1.807) is 6.07 Å². The standard InChI is InChI=1S/C7H9ClN2OS/c1-12-5-2-6(8)10-7(11)4(5)3-9/h2H,3,9H2,1H3,(H,10,11). The average molecular weight is 205 g/mol. The lowest BCUT2D eigenvalue weighted by Crippen LogP contribution is -2.17. The van der Waals surface area contributed by atoms with Gasteiger partial charge in [0.2, 0.25) is 0 Å². The highest BCUT2D eigenvalue weighted by Gasteiger charge is 2.05. The Morgan fingerprint density at radius 3 is 2.92 bits per heavy atom. The summed E-state index contributed by atoms with van der Waals surface area (Å²) in [6.45, 7) is 0.239. The van der Waals surface area contributed by atoms with Crippen LogP contribution in [0, 0.1) is 0 Å². The molecule has 0 atom stereocenters. The van der Waals surface area contributed by atoms with Gasteiger partial charge in [0.25, 0.3) is 5.56 Å². The molecule has 5 heteroatoms. The first-order valence-corrected chi connectivity index (χ1v) is 4.95. The third-order valence-corrected chi connectivity index (χ3v) is 2.49. The fourth-order valence-electron chi connectivity index (χ4n) is 0.910. The van der Waals surface area contributed by atoms with Crippen LogP contribution in [0.25, 0.3) is 0 Å². The molecule has 1 heterocycles. The van der Waals surface area contributed by atoms with Crippen molar-refractivity contribution in [3.63, 3.8) is 0 Å². The maximum Gasteiger partial charge on any atom is 0.254 e. The van der Waals surface area contributed by atoms with Crippen LogP contribution in [0.1, 0.15) is 5.56 Å². The molecule has 0 saturated carbocycles. The second kappa shape index (κ2) is 3.98. The molecule has 0 fully saturated rings. The number of aromatic amines is 1. The van der Waals surface area contributed by atoms with E-state index >= 15 is 0 Å². The van der Waals surface area contributed by atoms with Crippen molar-refractivity contribution in [3.05, 3.63) is 27.1 Å². The largest absolute Gasteiger partial charge is 0.326 e. The maximum absolute atomic E-state index is 11.2. The second-order valence-electron chi connectivity index (χ2n) is 2.20. The van der Waals surface area contributed by atoms with Gasteiger partial charge < -0.3 is 10.7 Å². The molecule has 0 aliphatic heterocycles. The Bertz CT molecular complexity index is 337. The Morgan fingerprint density at radius 1 is 1.75 bits per heavy atom. The van der Waals surface area contributed by atoms with Gasteiger partial charge in [0.05, 0.1) is 0 Å². The van der Waals surface area contributed by atoms with Crippen LogP contribution >= 0.6 is 23.4 Å². The van der Waals surface area contributed by atoms with Gasteiger partial charge >= 0.3 is 0 Å². The van der Waals surface area contributed by atoms with Crippen LogP contribution in [-0.4, -0.2) is 11.2 Å². The molecule has 1 aromatic rings. The molecule has 0 saturated heterocycles. The fraction of sp³-hybridized carbons (Fsp3) is 0.286. The van der Waals surface area contributed by atoms with Crippen molar-refractivity contribution < 1.29 is 0 Å². The molecule has 0 amide bonds. The second-order valence-corrected chi connectivity index (χ2v) is 3.45. The minimum atomic E-state index is -0.200. The Morgan fingerprint density at radius 2 is 2.42 bits per heavy atom. The Kier molecular flexibility index (Phi) is 3.20. The molecule has 0 bridgehead atoms. The predicted molar refractivity (Wildman–Crippen MR) is 51.7 cm³/mol. The van der Waals surface area contributed by atoms with Crippen LogP contribution in [-0.2, 0) is 6.54 Å². The van der Waals surface area contributed by atoms with Crippen LogP contribution < -0.4 is 11.3 Å². The minimum absolute atomic E-state index is 0.200. The number of nitrogens with one attached hydrogen (secondary N) is 1. The molecular formula is C7H9ClN2OS. The minimum Gasteiger partial charge on any atom is -0.326 e. The van der Waals surface area contributed by atoms with E-state index in [0.29, 0.717) is 10.7 Å². The fourth-order valence-corrected chi connectivity index (χ4v) is 1.83. The van der Waals surface area contributed by atoms with Crippen LogP contribution in [0.3, 0.4) is 0 Å². The Hall–Kier alpha value is -0.450. The molecule has 1 aromatic heterocycles. The van der Waals surface area contributed by atoms with Gasteiger partial charge in [-0.05, 0) is 12.3 Å². The number of hydrogen-bond acceptors (Lipinski definition) is 3. The van der Waals surface area contributed by atoms with Gasteiger partial charge in [-0.2, -0.15) is 0 Å². The zero-order valence-corrected chi connectivity index (χ0v) is 8.13. The van der Waals surface area contributed by atoms with Crippen molar-refractivity contribution in [3.8, 4) is 0 Å². The summed E-state index contributed by atoms with van der Waals surface area (Å²) in [6, 6.07) is 1.70. The SMILES string of the molecule is CSc1cc(Cl)[nH]c(=O)c1CN. The van der Waals surface area contributed by atoms with Crippen molar-refractivity contribution in [2.24, 2.45) is 5.73 Å². The van der Waals surface area contributed by atoms with Crippen molar-refractivity contribution in [2.45, 2.75) is 11.4 Å². The smallest absolute Gasteiger partial charge is 0.254 e. The van der Waals surface area contributed by atoms with E-state index < -0.39 is 0 Å². The van der Waals surface area contributed by atoms with Gasteiger partial charge in [-0.1, -0.05) is 11.6 Å². The molecule has 0 spiro atoms. The van der Waals surface area contributed by atoms with Crippen LogP contribution in [0.2, 0.25) is 5.15 Å². The van der Waals surface area contributed by atoms with E-state index in [1.165, 1.54) is 11.8 Å². The monoisotopic (exact) mass is 204 g/mol. The quantitative estimate of drug-likeness (QED) is 0.563. The number of aromatic nitrogens is 1. The lowest BCUT2D eigenvalue weighted by atomic mass is 10.3. The number of halogens is 1. The van der Waals surface area contributed by atoms with Crippen LogP contribution in [0.15, 0.2) is 15.8 Å². The summed E-state index contributed by atoms with van der Waals surface area (Å²) in [5, 5.41) is 0.349. The number of rotatable bonds is 2. The number of thioether (sulfide) groups is 1. The molecule has 0 aromatic carbocycles. The molecule has 66 valence electrons. The van der Waals surface area contributed by atoms with Crippen molar-refractivity contribution in [2.75, 3.05) is 6.26 Å². The van der Waals surface area contributed by atoms with E-state index in [9.17, 15) is 4.79 Å². The topological polar surface area (TPSA) is 58.9 Å². The summed E-state index contributed by atoms with van der Waals surface area (Å²) >= 11 is 7.11. The third-order valence-electron chi connectivity index (χ3n) is 1.49. The summed E-state index contributed by atoms with van der Waals surface area (Å²) in [5.74, 6) is 0. The molecule has 1 rings (SSSR count). The number of H-pyrrole nitrogens is 1. The number of hydrogen-bond donors (Lipinski definition) is 2. The molecule has 12 heavy (non-hydrogen) atoms. The molecular weight excluding hydrogens is 196 g/mol. The summed E-state index contributed by atoms with van der Waals surface area (Å²) in [7, 11) is 0. The highest BCUT2D eigenvalue weighted by molar-refractivity contribution is 7.98. The predicted octanol–water partition coefficient (Wildman–Crippen LogP) is 1.21. The van der Waals surface area contributed by atoms with E-state index in [2.05, 4.69) is 4.98 Å². The van der Waals surface area contributed by atoms with Crippen molar-refractivity contribution in [1.82, 2.24) is 4.98 Å². The van der Waals surface area contributed by atoms with Gasteiger partial charge in [-0.15, -0.1) is 11.8 Å². The van der Waals surface area contributed by atoms with E-state index in [4.69, 9.17) is 17.3 Å². The molecule has 0 radical (unpaired) electrons. The van der Waals surface area contributed by atoms with Gasteiger partial charge in [-0.25, -0.2) is 0 Å². The lowest BCUT2D eigenvalue weighted by molar-refractivity contribution is 0.970. The Labute approximate surface area is 79.3 Å². The highest BCUT2D eigenvalue weighted by Crippen LogP contribution is 2.19. The Balaban J connectivity index is 3.34. The van der Waals surface area contributed by atoms with Gasteiger partial charge in [0.1, 0.15) is 5.15 Å². The average Bonchev–Trinajstić information content (AvgIpc) is 2.03. The molecule has 0 aliphatic rings.